The van der Waals surface area contributed by atoms with Gasteiger partial charge in [-0.3, -0.25) is 4.79 Å². The van der Waals surface area contributed by atoms with Crippen molar-refractivity contribution < 1.29 is 40.6 Å². The van der Waals surface area contributed by atoms with Gasteiger partial charge in [-0.15, -0.1) is 0 Å². The van der Waals surface area contributed by atoms with Crippen molar-refractivity contribution in [3.63, 3.8) is 0 Å². The Balaban J connectivity index is 0.000000163. The van der Waals surface area contributed by atoms with Crippen LogP contribution in [-0.4, -0.2) is 27.5 Å². The molecule has 3 fully saturated rings. The number of aliphatic hydroxyl groups excluding tert-OH is 1. The number of amides is 1. The summed E-state index contributed by atoms with van der Waals surface area (Å²) < 4.78 is 86.4. The van der Waals surface area contributed by atoms with Gasteiger partial charge in [0.1, 0.15) is 5.82 Å². The maximum absolute atomic E-state index is 13.0. The molecule has 34 heavy (non-hydrogen) atoms. The van der Waals surface area contributed by atoms with Crippen molar-refractivity contribution in [2.45, 2.75) is 68.6 Å². The molecular weight excluding hydrogens is 467 g/mol. The lowest BCUT2D eigenvalue weighted by molar-refractivity contribution is -0.143. The number of carbonyl (C=O) groups excluding carboxylic acids is 1. The Hall–Kier alpha value is -2.62. The van der Waals surface area contributed by atoms with E-state index in [0.29, 0.717) is 30.0 Å². The van der Waals surface area contributed by atoms with Gasteiger partial charge < -0.3 is 10.0 Å². The smallest absolute Gasteiger partial charge is 0.392 e. The lowest BCUT2D eigenvalue weighted by Gasteiger charge is -2.22. The quantitative estimate of drug-likeness (QED) is 0.412. The van der Waals surface area contributed by atoms with E-state index in [1.54, 1.807) is 0 Å². The summed E-state index contributed by atoms with van der Waals surface area (Å²) in [6.07, 6.45) is -4.55. The zero-order valence-electron chi connectivity index (χ0n) is 17.9. The van der Waals surface area contributed by atoms with Crippen molar-refractivity contribution >= 4 is 5.91 Å². The van der Waals surface area contributed by atoms with Gasteiger partial charge in [-0.1, -0.05) is 18.6 Å². The summed E-state index contributed by atoms with van der Waals surface area (Å²) in [6.45, 7) is -0.882. The van der Waals surface area contributed by atoms with Crippen LogP contribution in [0.5, 0.6) is 0 Å². The molecule has 2 aromatic carbocycles. The van der Waals surface area contributed by atoms with Crippen molar-refractivity contribution in [3.8, 4) is 0 Å². The molecule has 2 heterocycles. The number of piperidine rings is 1. The third-order valence-corrected chi connectivity index (χ3v) is 6.95. The molecule has 2 aliphatic heterocycles. The van der Waals surface area contributed by atoms with E-state index >= 15 is 0 Å². The highest BCUT2D eigenvalue weighted by molar-refractivity contribution is 5.85. The average Bonchev–Trinajstić information content (AvgIpc) is 3.00. The fraction of sp³-hybridized carbons (Fsp3) is 0.458. The molecule has 1 spiro atoms. The number of fused-ring (bicyclic) bond motifs is 3. The van der Waals surface area contributed by atoms with Gasteiger partial charge in [-0.25, -0.2) is 4.39 Å². The van der Waals surface area contributed by atoms with E-state index in [1.807, 2.05) is 12.1 Å². The molecule has 1 N–H and O–H groups in total. The van der Waals surface area contributed by atoms with E-state index in [-0.39, 0.29) is 17.4 Å². The minimum absolute atomic E-state index is 0.0131. The first-order valence-electron chi connectivity index (χ1n) is 10.8. The van der Waals surface area contributed by atoms with Crippen LogP contribution >= 0.6 is 0 Å². The maximum atomic E-state index is 13.0. The van der Waals surface area contributed by atoms with E-state index in [4.69, 9.17) is 5.11 Å². The molecule has 1 saturated carbocycles. The van der Waals surface area contributed by atoms with Gasteiger partial charge in [0.2, 0.25) is 5.91 Å². The molecule has 2 saturated heterocycles. The van der Waals surface area contributed by atoms with Crippen LogP contribution in [0.25, 0.3) is 0 Å². The summed E-state index contributed by atoms with van der Waals surface area (Å²) in [6, 6.07) is 8.32. The van der Waals surface area contributed by atoms with Crippen LogP contribution in [0.2, 0.25) is 0 Å². The van der Waals surface area contributed by atoms with Gasteiger partial charge in [-0.05, 0) is 60.7 Å². The lowest BCUT2D eigenvalue weighted by atomic mass is 9.84. The monoisotopic (exact) mass is 489 g/mol. The minimum Gasteiger partial charge on any atom is -0.392 e. The van der Waals surface area contributed by atoms with Gasteiger partial charge >= 0.3 is 12.4 Å². The molecular formula is C24H22F7NO2. The average molecular weight is 489 g/mol. The standard InChI is InChI=1S/C15H16FNO.C9H6F6O/c16-11-5-3-10(4-6-11)12-2-1-9-15(12)13-7-8-14(18)17(13)15;10-8(11,12)6-1-5(4-16)2-7(3-6)9(13,14)15/h3-6,12-13H,1-2,7-9H2;1-3,16H,4H2/t12?,13-,15?,17?;/m1./s1. The summed E-state index contributed by atoms with van der Waals surface area (Å²) in [5.41, 5.74) is -1.97. The highest BCUT2D eigenvalue weighted by Gasteiger charge is 2.71. The van der Waals surface area contributed by atoms with Crippen LogP contribution in [-0.2, 0) is 23.8 Å². The van der Waals surface area contributed by atoms with E-state index in [9.17, 15) is 35.5 Å². The fourth-order valence-corrected chi connectivity index (χ4v) is 5.54. The number of halogens is 7. The molecule has 184 valence electrons. The van der Waals surface area contributed by atoms with E-state index < -0.39 is 35.6 Å². The molecule has 2 aromatic rings. The summed E-state index contributed by atoms with van der Waals surface area (Å²) in [7, 11) is 0. The molecule has 0 bridgehead atoms. The largest absolute Gasteiger partial charge is 0.416 e. The Kier molecular flexibility index (Phi) is 6.16. The molecule has 10 heteroatoms. The van der Waals surface area contributed by atoms with Crippen molar-refractivity contribution in [2.75, 3.05) is 0 Å². The second-order valence-corrected chi connectivity index (χ2v) is 8.88. The third-order valence-electron chi connectivity index (χ3n) is 6.95. The number of hydrogen-bond donors (Lipinski definition) is 1. The van der Waals surface area contributed by atoms with Crippen molar-refractivity contribution in [1.29, 1.82) is 0 Å². The predicted octanol–water partition coefficient (Wildman–Crippen LogP) is 6.05. The minimum atomic E-state index is -4.87. The van der Waals surface area contributed by atoms with E-state index in [0.717, 1.165) is 25.7 Å². The van der Waals surface area contributed by atoms with Crippen LogP contribution in [0.15, 0.2) is 42.5 Å². The zero-order chi connectivity index (χ0) is 24.9. The topological polar surface area (TPSA) is 40.3 Å². The number of carbonyl (C=O) groups is 1. The molecule has 2 unspecified atom stereocenters. The maximum Gasteiger partial charge on any atom is 0.416 e. The molecule has 1 amide bonds. The Morgan fingerprint density at radius 2 is 1.53 bits per heavy atom. The summed E-state index contributed by atoms with van der Waals surface area (Å²) in [4.78, 5) is 14.0. The fourth-order valence-electron chi connectivity index (χ4n) is 5.54. The van der Waals surface area contributed by atoms with Crippen molar-refractivity contribution in [2.24, 2.45) is 0 Å². The first kappa shape index (κ1) is 24.5. The van der Waals surface area contributed by atoms with Gasteiger partial charge in [0.05, 0.1) is 29.3 Å². The molecule has 3 nitrogen and oxygen atoms in total. The van der Waals surface area contributed by atoms with Gasteiger partial charge in [0.25, 0.3) is 0 Å². The van der Waals surface area contributed by atoms with Crippen molar-refractivity contribution in [1.82, 2.24) is 4.90 Å². The number of hydrogen-bond acceptors (Lipinski definition) is 2. The van der Waals surface area contributed by atoms with Crippen LogP contribution in [0.1, 0.15) is 60.3 Å². The van der Waals surface area contributed by atoms with Crippen molar-refractivity contribution in [3.05, 3.63) is 70.5 Å². The zero-order valence-corrected chi connectivity index (χ0v) is 17.9. The van der Waals surface area contributed by atoms with E-state index in [1.165, 1.54) is 24.1 Å². The molecule has 3 aliphatic rings. The van der Waals surface area contributed by atoms with Crippen LogP contribution < -0.4 is 0 Å². The number of nitrogens with zero attached hydrogens (tertiary/aromatic N) is 1. The first-order valence-corrected chi connectivity index (χ1v) is 10.8. The SMILES string of the molecule is O=C1CC[C@H]2N1C21CCCC1c1ccc(F)cc1.OCc1cc(C(F)(F)F)cc(C(F)(F)F)c1. The highest BCUT2D eigenvalue weighted by atomic mass is 19.4. The lowest BCUT2D eigenvalue weighted by Crippen LogP contribution is -2.28. The van der Waals surface area contributed by atoms with Crippen LogP contribution in [0.4, 0.5) is 30.7 Å². The van der Waals surface area contributed by atoms with Gasteiger partial charge in [0, 0.05) is 12.3 Å². The summed E-state index contributed by atoms with van der Waals surface area (Å²) in [5, 5.41) is 8.58. The van der Waals surface area contributed by atoms with Gasteiger partial charge in [-0.2, -0.15) is 26.3 Å². The van der Waals surface area contributed by atoms with Crippen LogP contribution in [0, 0.1) is 5.82 Å². The second kappa shape index (κ2) is 8.55. The predicted molar refractivity (Wildman–Crippen MR) is 108 cm³/mol. The third kappa shape index (κ3) is 4.39. The first-order chi connectivity index (χ1) is 15.9. The molecule has 0 radical (unpaired) electrons. The molecule has 0 aromatic heterocycles. The number of benzene rings is 2. The van der Waals surface area contributed by atoms with Gasteiger partial charge in [0.15, 0.2) is 0 Å². The normalized spacial score (nSPS) is 25.9. The number of rotatable bonds is 2. The molecule has 5 rings (SSSR count). The number of alkyl halides is 6. The number of aliphatic hydroxyl groups is 1. The Labute approximate surface area is 191 Å². The van der Waals surface area contributed by atoms with E-state index in [2.05, 4.69) is 4.90 Å². The highest BCUT2D eigenvalue weighted by Crippen LogP contribution is 2.63. The summed E-state index contributed by atoms with van der Waals surface area (Å²) >= 11 is 0. The molecule has 3 atom stereocenters. The Morgan fingerprint density at radius 3 is 2.00 bits per heavy atom. The summed E-state index contributed by atoms with van der Waals surface area (Å²) in [5.74, 6) is 0.569. The second-order valence-electron chi connectivity index (χ2n) is 8.88. The Morgan fingerprint density at radius 1 is 0.941 bits per heavy atom. The Bertz CT molecular complexity index is 1030. The molecule has 1 aliphatic carbocycles. The van der Waals surface area contributed by atoms with Crippen LogP contribution in [0.3, 0.4) is 0 Å².